The molecule has 2 aliphatic rings. The van der Waals surface area contributed by atoms with E-state index in [9.17, 15) is 14.4 Å². The molecule has 2 saturated heterocycles. The fraction of sp³-hybridized carbons (Fsp3) is 0.792. The number of methoxy groups -OCH3 is 2. The lowest BCUT2D eigenvalue weighted by molar-refractivity contribution is -0.153. The molecule has 0 N–H and O–H groups in total. The van der Waals surface area contributed by atoms with E-state index in [1.807, 2.05) is 4.90 Å². The maximum atomic E-state index is 13.6. The predicted octanol–water partition coefficient (Wildman–Crippen LogP) is 11.0. The number of rotatable bonds is 41. The summed E-state index contributed by atoms with van der Waals surface area (Å²) in [6, 6.07) is -0.753. The van der Waals surface area contributed by atoms with Gasteiger partial charge in [-0.2, -0.15) is 0 Å². The minimum Gasteiger partial charge on any atom is -0.464 e. The largest absolute Gasteiger partial charge is 0.464 e. The van der Waals surface area contributed by atoms with Gasteiger partial charge < -0.3 is 33.3 Å². The van der Waals surface area contributed by atoms with Gasteiger partial charge in [-0.15, -0.1) is 0 Å². The van der Waals surface area contributed by atoms with Crippen LogP contribution in [0.1, 0.15) is 174 Å². The maximum Gasteiger partial charge on any atom is 0.329 e. The first kappa shape index (κ1) is 57.3. The Hall–Kier alpha value is -2.83. The van der Waals surface area contributed by atoms with Gasteiger partial charge in [0, 0.05) is 40.2 Å². The molecule has 368 valence electrons. The topological polar surface area (TPSA) is 113 Å². The molecular formula is C53H92N2O9. The lowest BCUT2D eigenvalue weighted by Crippen LogP contribution is -2.41. The van der Waals surface area contributed by atoms with Crippen molar-refractivity contribution in [3.8, 4) is 0 Å². The Morgan fingerprint density at radius 2 is 1.00 bits per heavy atom. The number of likely N-dealkylation sites (tertiary alicyclic amines) is 2. The van der Waals surface area contributed by atoms with Crippen LogP contribution in [0.4, 0.5) is 0 Å². The fourth-order valence-corrected chi connectivity index (χ4v) is 8.21. The minimum absolute atomic E-state index is 0.0628. The van der Waals surface area contributed by atoms with Crippen LogP contribution < -0.4 is 0 Å². The predicted molar refractivity (Wildman–Crippen MR) is 259 cm³/mol. The lowest BCUT2D eigenvalue weighted by atomic mass is 10.1. The first-order valence-corrected chi connectivity index (χ1v) is 25.6. The van der Waals surface area contributed by atoms with E-state index in [4.69, 9.17) is 28.4 Å². The van der Waals surface area contributed by atoms with Crippen LogP contribution in [0, 0.1) is 0 Å². The average Bonchev–Trinajstić information content (AvgIpc) is 3.89. The van der Waals surface area contributed by atoms with Crippen molar-refractivity contribution in [1.29, 1.82) is 0 Å². The van der Waals surface area contributed by atoms with E-state index in [2.05, 4.69) is 62.5 Å². The van der Waals surface area contributed by atoms with Gasteiger partial charge in [-0.3, -0.25) is 14.5 Å². The molecule has 0 aromatic carbocycles. The van der Waals surface area contributed by atoms with Crippen LogP contribution in [-0.2, 0) is 42.8 Å². The van der Waals surface area contributed by atoms with E-state index >= 15 is 0 Å². The molecule has 2 heterocycles. The molecule has 2 unspecified atom stereocenters. The van der Waals surface area contributed by atoms with Gasteiger partial charge in [-0.25, -0.2) is 4.79 Å². The number of hydrogen-bond donors (Lipinski definition) is 0. The molecule has 11 heteroatoms. The number of nitrogens with zero attached hydrogens (tertiary/aromatic N) is 2. The number of esters is 2. The Bertz CT molecular complexity index is 1270. The van der Waals surface area contributed by atoms with Crippen molar-refractivity contribution >= 4 is 17.8 Å². The molecule has 2 aliphatic heterocycles. The number of carbonyl (C=O) groups is 3. The maximum absolute atomic E-state index is 13.6. The van der Waals surface area contributed by atoms with Gasteiger partial charge in [-0.05, 0) is 77.0 Å². The van der Waals surface area contributed by atoms with Gasteiger partial charge in [0.1, 0.15) is 12.1 Å². The number of unbranched alkanes of at least 4 members (excludes halogenated alkanes) is 17. The highest BCUT2D eigenvalue weighted by atomic mass is 16.6. The number of amides is 1. The number of ether oxygens (including phenoxy) is 6. The Morgan fingerprint density at radius 3 is 1.50 bits per heavy atom. The van der Waals surface area contributed by atoms with Gasteiger partial charge in [0.15, 0.2) is 0 Å². The molecule has 0 spiro atoms. The van der Waals surface area contributed by atoms with Crippen LogP contribution in [0.3, 0.4) is 0 Å². The zero-order valence-electron chi connectivity index (χ0n) is 41.0. The van der Waals surface area contributed by atoms with Crippen molar-refractivity contribution in [3.63, 3.8) is 0 Å². The molecule has 0 bridgehead atoms. The van der Waals surface area contributed by atoms with Crippen LogP contribution in [0.15, 0.2) is 48.6 Å². The average molecular weight is 901 g/mol. The Morgan fingerprint density at radius 1 is 0.531 bits per heavy atom. The molecule has 4 atom stereocenters. The van der Waals surface area contributed by atoms with Crippen LogP contribution in [-0.4, -0.2) is 125 Å². The summed E-state index contributed by atoms with van der Waals surface area (Å²) in [6.45, 7) is 7.89. The number of allylic oxidation sites excluding steroid dienone is 8. The summed E-state index contributed by atoms with van der Waals surface area (Å²) in [5.74, 6) is -0.873. The van der Waals surface area contributed by atoms with Crippen LogP contribution in [0.2, 0.25) is 0 Å². The molecule has 0 aromatic heterocycles. The molecule has 2 rings (SSSR count). The molecule has 1 amide bonds. The molecule has 0 aliphatic carbocycles. The first-order valence-electron chi connectivity index (χ1n) is 25.6. The van der Waals surface area contributed by atoms with Gasteiger partial charge in [-0.1, -0.05) is 133 Å². The van der Waals surface area contributed by atoms with Crippen LogP contribution >= 0.6 is 0 Å². The zero-order valence-corrected chi connectivity index (χ0v) is 41.0. The van der Waals surface area contributed by atoms with Crippen molar-refractivity contribution in [2.24, 2.45) is 0 Å². The standard InChI is InChI=1S/C53H92N2O9/c1-5-7-9-11-13-15-17-19-21-23-25-27-29-31-33-35-37-63-53(58)48-42-47(64-52(57)46-54-44-49(61-40-38-59-3)50(45-54)62-41-39-60-4)43-55(48)51(56)36-34-32-30-28-26-24-22-20-18-16-14-12-10-8-6-2/h13-16,19-22,47-50H,5-12,17-18,23-46H2,1-4H3/b15-13-,16-14-,21-19-,22-20-/t47?,48?,49-,50+. The van der Waals surface area contributed by atoms with E-state index in [-0.39, 0.29) is 37.6 Å². The second-order valence-electron chi connectivity index (χ2n) is 17.6. The summed E-state index contributed by atoms with van der Waals surface area (Å²) in [4.78, 5) is 44.0. The summed E-state index contributed by atoms with van der Waals surface area (Å²) >= 11 is 0. The second-order valence-corrected chi connectivity index (χ2v) is 17.6. The Balaban J connectivity index is 1.79. The van der Waals surface area contributed by atoms with Gasteiger partial charge in [0.05, 0.1) is 58.3 Å². The lowest BCUT2D eigenvalue weighted by Gasteiger charge is -2.23. The van der Waals surface area contributed by atoms with Crippen molar-refractivity contribution < 1.29 is 42.8 Å². The van der Waals surface area contributed by atoms with Gasteiger partial charge in [0.25, 0.3) is 0 Å². The summed E-state index contributed by atoms with van der Waals surface area (Å²) in [5, 5.41) is 0. The fourth-order valence-electron chi connectivity index (χ4n) is 8.21. The third-order valence-corrected chi connectivity index (χ3v) is 12.0. The highest BCUT2D eigenvalue weighted by Crippen LogP contribution is 2.25. The zero-order chi connectivity index (χ0) is 46.1. The van der Waals surface area contributed by atoms with Crippen molar-refractivity contribution in [2.75, 3.05) is 73.4 Å². The monoisotopic (exact) mass is 901 g/mol. The summed E-state index contributed by atoms with van der Waals surface area (Å²) < 4.78 is 34.0. The van der Waals surface area contributed by atoms with E-state index in [1.165, 1.54) is 70.6 Å². The Kier molecular flexibility index (Phi) is 36.2. The van der Waals surface area contributed by atoms with Crippen LogP contribution in [0.25, 0.3) is 0 Å². The van der Waals surface area contributed by atoms with E-state index in [1.54, 1.807) is 19.1 Å². The van der Waals surface area contributed by atoms with Crippen molar-refractivity contribution in [2.45, 2.75) is 199 Å². The van der Waals surface area contributed by atoms with E-state index in [0.29, 0.717) is 52.5 Å². The number of hydrogen-bond acceptors (Lipinski definition) is 10. The highest BCUT2D eigenvalue weighted by Gasteiger charge is 2.42. The quantitative estimate of drug-likeness (QED) is 0.0334. The molecule has 2 fully saturated rings. The highest BCUT2D eigenvalue weighted by molar-refractivity contribution is 5.85. The van der Waals surface area contributed by atoms with Crippen molar-refractivity contribution in [3.05, 3.63) is 48.6 Å². The summed E-state index contributed by atoms with van der Waals surface area (Å²) in [5.41, 5.74) is 0. The summed E-state index contributed by atoms with van der Waals surface area (Å²) in [6.07, 6.45) is 43.8. The molecule has 11 nitrogen and oxygen atoms in total. The first-order chi connectivity index (χ1) is 31.4. The Labute approximate surface area is 390 Å². The molecule has 0 saturated carbocycles. The van der Waals surface area contributed by atoms with Gasteiger partial charge in [0.2, 0.25) is 5.91 Å². The molecular weight excluding hydrogens is 809 g/mol. The number of carbonyl (C=O) groups excluding carboxylic acids is 3. The van der Waals surface area contributed by atoms with E-state index < -0.39 is 24.1 Å². The van der Waals surface area contributed by atoms with Crippen molar-refractivity contribution in [1.82, 2.24) is 9.80 Å². The SMILES string of the molecule is CCCCC/C=C\C/C=C\CCCCCCCCOC(=O)C1CC(OC(=O)CN2C[C@H](OCCOC)[C@H](OCCOC)C2)CN1C(=O)CCCCCCC/C=C\C/C=C\CCCCC. The van der Waals surface area contributed by atoms with E-state index in [0.717, 1.165) is 77.0 Å². The van der Waals surface area contributed by atoms with Crippen LogP contribution in [0.5, 0.6) is 0 Å². The third-order valence-electron chi connectivity index (χ3n) is 12.0. The third kappa shape index (κ3) is 28.9. The smallest absolute Gasteiger partial charge is 0.329 e. The molecule has 0 radical (unpaired) electrons. The summed E-state index contributed by atoms with van der Waals surface area (Å²) in [7, 11) is 3.26. The van der Waals surface area contributed by atoms with Gasteiger partial charge >= 0.3 is 11.9 Å². The molecule has 64 heavy (non-hydrogen) atoms. The normalized spacial score (nSPS) is 19.4. The second kappa shape index (κ2) is 40.4. The molecule has 0 aromatic rings. The minimum atomic E-state index is -0.753.